The Morgan fingerprint density at radius 2 is 1.74 bits per heavy atom. The van der Waals surface area contributed by atoms with Gasteiger partial charge in [0, 0.05) is 37.3 Å². The summed E-state index contributed by atoms with van der Waals surface area (Å²) in [5.41, 5.74) is 1.92. The molecule has 2 bridgehead atoms. The Morgan fingerprint density at radius 3 is 2.40 bits per heavy atom. The number of amides is 2. The number of ether oxygens (including phenoxy) is 1. The van der Waals surface area contributed by atoms with Crippen LogP contribution in [0, 0.1) is 10.8 Å². The van der Waals surface area contributed by atoms with Crippen LogP contribution in [-0.2, 0) is 6.54 Å². The van der Waals surface area contributed by atoms with Crippen molar-refractivity contribution in [2.45, 2.75) is 59.0 Å². The van der Waals surface area contributed by atoms with E-state index in [9.17, 15) is 22.8 Å². The monoisotopic (exact) mass is 488 g/mol. The van der Waals surface area contributed by atoms with Crippen molar-refractivity contribution < 1.29 is 27.5 Å². The summed E-state index contributed by atoms with van der Waals surface area (Å²) in [4.78, 5) is 29.4. The second-order valence-corrected chi connectivity index (χ2v) is 11.1. The average Bonchev–Trinajstić information content (AvgIpc) is 3.00. The number of likely N-dealkylation sites (tertiary alicyclic amines) is 1. The molecular weight excluding hydrogens is 457 g/mol. The Labute approximate surface area is 203 Å². The molecule has 35 heavy (non-hydrogen) atoms. The fraction of sp³-hybridized carbons (Fsp3) is 0.481. The average molecular weight is 489 g/mol. The Morgan fingerprint density at radius 1 is 1.06 bits per heavy atom. The van der Waals surface area contributed by atoms with Gasteiger partial charge in [-0.3, -0.25) is 9.59 Å². The maximum Gasteiger partial charge on any atom is 0.573 e. The van der Waals surface area contributed by atoms with Crippen molar-refractivity contribution in [2.24, 2.45) is 10.8 Å². The molecule has 4 rings (SSSR count). The molecule has 0 N–H and O–H groups in total. The summed E-state index contributed by atoms with van der Waals surface area (Å²) in [7, 11) is 1.57. The van der Waals surface area contributed by atoms with Crippen LogP contribution in [0.15, 0.2) is 48.5 Å². The van der Waals surface area contributed by atoms with Gasteiger partial charge in [-0.15, -0.1) is 13.2 Å². The van der Waals surface area contributed by atoms with Crippen molar-refractivity contribution in [3.63, 3.8) is 0 Å². The lowest BCUT2D eigenvalue weighted by molar-refractivity contribution is -0.274. The number of fused-ring (bicyclic) bond motifs is 2. The first-order valence-electron chi connectivity index (χ1n) is 11.7. The van der Waals surface area contributed by atoms with Gasteiger partial charge < -0.3 is 14.5 Å². The van der Waals surface area contributed by atoms with Crippen LogP contribution in [-0.4, -0.2) is 47.6 Å². The highest BCUT2D eigenvalue weighted by atomic mass is 19.4. The predicted molar refractivity (Wildman–Crippen MR) is 126 cm³/mol. The van der Waals surface area contributed by atoms with Crippen molar-refractivity contribution in [1.29, 1.82) is 0 Å². The lowest BCUT2D eigenvalue weighted by atomic mass is 9.65. The third-order valence-electron chi connectivity index (χ3n) is 6.96. The predicted octanol–water partition coefficient (Wildman–Crippen LogP) is 5.90. The quantitative estimate of drug-likeness (QED) is 0.527. The summed E-state index contributed by atoms with van der Waals surface area (Å²) in [5, 5.41) is 0. The van der Waals surface area contributed by atoms with E-state index in [4.69, 9.17) is 0 Å². The molecule has 1 saturated heterocycles. The zero-order valence-electron chi connectivity index (χ0n) is 20.5. The SMILES string of the molecule is CN(Cc1ccc(C(=O)N2CC3(C)C[C@H]2CC(C)(C)C3)cc1)C(=O)c1cccc(OC(F)(F)F)c1. The van der Waals surface area contributed by atoms with E-state index in [1.165, 1.54) is 17.0 Å². The smallest absolute Gasteiger partial charge is 0.406 e. The summed E-state index contributed by atoms with van der Waals surface area (Å²) >= 11 is 0. The summed E-state index contributed by atoms with van der Waals surface area (Å²) < 4.78 is 41.3. The minimum absolute atomic E-state index is 0.0360. The second kappa shape index (κ2) is 8.88. The van der Waals surface area contributed by atoms with Crippen LogP contribution in [0.2, 0.25) is 0 Å². The van der Waals surface area contributed by atoms with Gasteiger partial charge in [0.1, 0.15) is 5.75 Å². The highest BCUT2D eigenvalue weighted by Crippen LogP contribution is 2.52. The van der Waals surface area contributed by atoms with E-state index >= 15 is 0 Å². The highest BCUT2D eigenvalue weighted by Gasteiger charge is 2.51. The lowest BCUT2D eigenvalue weighted by Crippen LogP contribution is -2.37. The van der Waals surface area contributed by atoms with Gasteiger partial charge in [-0.2, -0.15) is 0 Å². The fourth-order valence-electron chi connectivity index (χ4n) is 6.01. The van der Waals surface area contributed by atoms with Gasteiger partial charge in [0.05, 0.1) is 0 Å². The molecule has 0 spiro atoms. The molecule has 8 heteroatoms. The molecular formula is C27H31F3N2O3. The number of carbonyl (C=O) groups is 2. The molecule has 2 aromatic rings. The van der Waals surface area contributed by atoms with Gasteiger partial charge in [0.15, 0.2) is 0 Å². The van der Waals surface area contributed by atoms with Crippen LogP contribution < -0.4 is 4.74 Å². The van der Waals surface area contributed by atoms with E-state index in [1.54, 1.807) is 19.2 Å². The van der Waals surface area contributed by atoms with E-state index in [-0.39, 0.29) is 34.9 Å². The first-order chi connectivity index (χ1) is 16.2. The minimum Gasteiger partial charge on any atom is -0.406 e. The molecule has 1 unspecified atom stereocenters. The number of alkyl halides is 3. The number of halogens is 3. The van der Waals surface area contributed by atoms with Crippen LogP contribution in [0.1, 0.15) is 66.3 Å². The number of rotatable bonds is 5. The molecule has 0 aromatic heterocycles. The maximum absolute atomic E-state index is 13.3. The zero-order valence-corrected chi connectivity index (χ0v) is 20.5. The van der Waals surface area contributed by atoms with Gasteiger partial charge in [0.25, 0.3) is 11.8 Å². The van der Waals surface area contributed by atoms with E-state index in [0.29, 0.717) is 5.56 Å². The largest absolute Gasteiger partial charge is 0.573 e. The van der Waals surface area contributed by atoms with Crippen LogP contribution in [0.5, 0.6) is 5.75 Å². The Kier molecular flexibility index (Phi) is 6.36. The molecule has 188 valence electrons. The topological polar surface area (TPSA) is 49.9 Å². The zero-order chi connectivity index (χ0) is 25.6. The molecule has 1 heterocycles. The van der Waals surface area contributed by atoms with E-state index in [2.05, 4.69) is 25.5 Å². The van der Waals surface area contributed by atoms with Crippen molar-refractivity contribution in [3.8, 4) is 5.75 Å². The molecule has 2 amide bonds. The van der Waals surface area contributed by atoms with Crippen molar-refractivity contribution in [2.75, 3.05) is 13.6 Å². The van der Waals surface area contributed by atoms with Crippen molar-refractivity contribution in [3.05, 3.63) is 65.2 Å². The molecule has 2 aromatic carbocycles. The molecule has 0 radical (unpaired) electrons. The number of hydrogen-bond donors (Lipinski definition) is 0. The third-order valence-corrected chi connectivity index (χ3v) is 6.96. The van der Waals surface area contributed by atoms with Gasteiger partial charge in [-0.05, 0) is 66.0 Å². The molecule has 5 nitrogen and oxygen atoms in total. The normalized spacial score (nSPS) is 23.2. The number of hydrogen-bond acceptors (Lipinski definition) is 3. The molecule has 2 aliphatic rings. The van der Waals surface area contributed by atoms with Gasteiger partial charge >= 0.3 is 6.36 Å². The number of carbonyl (C=O) groups excluding carboxylic acids is 2. The maximum atomic E-state index is 13.3. The Bertz CT molecular complexity index is 1110. The highest BCUT2D eigenvalue weighted by molar-refractivity contribution is 5.95. The van der Waals surface area contributed by atoms with E-state index in [0.717, 1.165) is 43.5 Å². The minimum atomic E-state index is -4.82. The molecule has 2 atom stereocenters. The lowest BCUT2D eigenvalue weighted by Gasteiger charge is -2.39. The Balaban J connectivity index is 1.40. The molecule has 1 saturated carbocycles. The first-order valence-corrected chi connectivity index (χ1v) is 11.7. The summed E-state index contributed by atoms with van der Waals surface area (Å²) in [6, 6.07) is 12.5. The number of benzene rings is 2. The van der Waals surface area contributed by atoms with E-state index in [1.807, 2.05) is 17.0 Å². The molecule has 2 fully saturated rings. The van der Waals surface area contributed by atoms with Crippen LogP contribution in [0.25, 0.3) is 0 Å². The first kappa shape index (κ1) is 25.1. The fourth-order valence-corrected chi connectivity index (χ4v) is 6.01. The van der Waals surface area contributed by atoms with Crippen molar-refractivity contribution >= 4 is 11.8 Å². The Hall–Kier alpha value is -3.03. The van der Waals surface area contributed by atoms with Crippen LogP contribution >= 0.6 is 0 Å². The standard InChI is InChI=1S/C27H31F3N2O3/c1-25(2)13-21-14-26(3,16-25)17-32(21)24(34)19-10-8-18(9-11-19)15-31(4)23(33)20-6-5-7-22(12-20)35-27(28,29)30/h5-12,21H,13-17H2,1-4H3/t21-,26?/m1/s1. The number of nitrogens with zero attached hydrogens (tertiary/aromatic N) is 2. The van der Waals surface area contributed by atoms with Crippen LogP contribution in [0.4, 0.5) is 13.2 Å². The van der Waals surface area contributed by atoms with Crippen LogP contribution in [0.3, 0.4) is 0 Å². The summed E-state index contributed by atoms with van der Waals surface area (Å²) in [6.07, 6.45) is -1.66. The molecule has 1 aliphatic heterocycles. The van der Waals surface area contributed by atoms with Crippen molar-refractivity contribution in [1.82, 2.24) is 9.80 Å². The summed E-state index contributed by atoms with van der Waals surface area (Å²) in [5.74, 6) is -0.838. The molecule has 1 aliphatic carbocycles. The van der Waals surface area contributed by atoms with Gasteiger partial charge in [-0.1, -0.05) is 39.0 Å². The van der Waals surface area contributed by atoms with E-state index < -0.39 is 18.0 Å². The van der Waals surface area contributed by atoms with Gasteiger partial charge in [0.2, 0.25) is 0 Å². The second-order valence-electron chi connectivity index (χ2n) is 11.1. The summed E-state index contributed by atoms with van der Waals surface area (Å²) in [6.45, 7) is 7.84. The van der Waals surface area contributed by atoms with Gasteiger partial charge in [-0.25, -0.2) is 0 Å². The third kappa shape index (κ3) is 5.80.